The molecule has 108 valence electrons. The summed E-state index contributed by atoms with van der Waals surface area (Å²) in [6.45, 7) is 3.62. The van der Waals surface area contributed by atoms with Crippen molar-refractivity contribution >= 4 is 11.6 Å². The highest BCUT2D eigenvalue weighted by Crippen LogP contribution is 2.29. The van der Waals surface area contributed by atoms with E-state index >= 15 is 0 Å². The summed E-state index contributed by atoms with van der Waals surface area (Å²) in [6.07, 6.45) is 2.82. The normalized spacial score (nSPS) is 28.9. The van der Waals surface area contributed by atoms with Crippen LogP contribution >= 0.6 is 0 Å². The van der Waals surface area contributed by atoms with Crippen LogP contribution in [0.1, 0.15) is 25.3 Å². The number of nitrogens with one attached hydrogen (secondary N) is 1. The summed E-state index contributed by atoms with van der Waals surface area (Å²) in [6, 6.07) is 8.03. The molecule has 0 aliphatic carbocycles. The Balaban J connectivity index is 1.69. The topological polar surface area (TPSA) is 41.6 Å². The lowest BCUT2D eigenvalue weighted by Gasteiger charge is -2.40. The lowest BCUT2D eigenvalue weighted by Crippen LogP contribution is -2.53. The molecular weight excluding hydrogens is 252 g/mol. The number of hydrogen-bond acceptors (Lipinski definition) is 3. The van der Waals surface area contributed by atoms with E-state index in [1.165, 1.54) is 5.56 Å². The lowest BCUT2D eigenvalue weighted by atomic mass is 9.94. The summed E-state index contributed by atoms with van der Waals surface area (Å²) in [5, 5.41) is 3.34. The monoisotopic (exact) mass is 274 g/mol. The summed E-state index contributed by atoms with van der Waals surface area (Å²) < 4.78 is 5.57. The van der Waals surface area contributed by atoms with Gasteiger partial charge in [-0.1, -0.05) is 18.2 Å². The molecule has 2 atom stereocenters. The number of fused-ring (bicyclic) bond motifs is 1. The molecule has 1 unspecified atom stereocenters. The fourth-order valence-corrected chi connectivity index (χ4v) is 3.23. The van der Waals surface area contributed by atoms with Crippen molar-refractivity contribution in [3.63, 3.8) is 0 Å². The van der Waals surface area contributed by atoms with Crippen molar-refractivity contribution in [1.29, 1.82) is 0 Å². The molecule has 4 heteroatoms. The molecule has 3 rings (SSSR count). The predicted octanol–water partition coefficient (Wildman–Crippen LogP) is 2.05. The number of ether oxygens (including phenoxy) is 1. The SMILES string of the molecule is COC1(C)CCCN(C(=O)[C@@H]2Cc3ccccc3N2)C1. The molecule has 0 radical (unpaired) electrons. The van der Waals surface area contributed by atoms with Crippen molar-refractivity contribution in [3.05, 3.63) is 29.8 Å². The van der Waals surface area contributed by atoms with Gasteiger partial charge in [0.2, 0.25) is 5.91 Å². The second-order valence-corrected chi connectivity index (χ2v) is 6.08. The van der Waals surface area contributed by atoms with Crippen LogP contribution in [-0.4, -0.2) is 42.6 Å². The Hall–Kier alpha value is -1.55. The maximum Gasteiger partial charge on any atom is 0.245 e. The van der Waals surface area contributed by atoms with Crippen LogP contribution in [-0.2, 0) is 16.0 Å². The molecule has 1 amide bonds. The maximum absolute atomic E-state index is 12.7. The minimum absolute atomic E-state index is 0.119. The smallest absolute Gasteiger partial charge is 0.245 e. The third-order valence-corrected chi connectivity index (χ3v) is 4.53. The number of likely N-dealkylation sites (tertiary alicyclic amines) is 1. The first-order valence-corrected chi connectivity index (χ1v) is 7.30. The number of anilines is 1. The van der Waals surface area contributed by atoms with E-state index in [4.69, 9.17) is 4.74 Å². The first-order valence-electron chi connectivity index (χ1n) is 7.30. The third kappa shape index (κ3) is 2.40. The van der Waals surface area contributed by atoms with Crippen LogP contribution in [0.2, 0.25) is 0 Å². The Morgan fingerprint density at radius 1 is 1.45 bits per heavy atom. The molecule has 4 nitrogen and oxygen atoms in total. The minimum Gasteiger partial charge on any atom is -0.377 e. The molecule has 2 aliphatic heterocycles. The van der Waals surface area contributed by atoms with Gasteiger partial charge in [-0.25, -0.2) is 0 Å². The van der Waals surface area contributed by atoms with Crippen molar-refractivity contribution in [3.8, 4) is 0 Å². The van der Waals surface area contributed by atoms with Gasteiger partial charge < -0.3 is 15.0 Å². The van der Waals surface area contributed by atoms with Crippen LogP contribution in [0.15, 0.2) is 24.3 Å². The molecule has 0 saturated carbocycles. The van der Waals surface area contributed by atoms with E-state index in [0.717, 1.165) is 31.5 Å². The van der Waals surface area contributed by atoms with Crippen molar-refractivity contribution in [2.45, 2.75) is 37.8 Å². The molecule has 0 spiro atoms. The zero-order chi connectivity index (χ0) is 14.2. The van der Waals surface area contributed by atoms with Gasteiger partial charge in [-0.05, 0) is 31.4 Å². The Morgan fingerprint density at radius 2 is 2.25 bits per heavy atom. The summed E-state index contributed by atoms with van der Waals surface area (Å²) in [4.78, 5) is 14.6. The average molecular weight is 274 g/mol. The van der Waals surface area contributed by atoms with Crippen LogP contribution in [0.4, 0.5) is 5.69 Å². The molecule has 0 aromatic heterocycles. The van der Waals surface area contributed by atoms with E-state index in [2.05, 4.69) is 18.3 Å². The lowest BCUT2D eigenvalue weighted by molar-refractivity contribution is -0.139. The number of amides is 1. The van der Waals surface area contributed by atoms with Crippen LogP contribution in [0.3, 0.4) is 0 Å². The highest BCUT2D eigenvalue weighted by atomic mass is 16.5. The number of methoxy groups -OCH3 is 1. The van der Waals surface area contributed by atoms with Gasteiger partial charge in [-0.2, -0.15) is 0 Å². The highest BCUT2D eigenvalue weighted by molar-refractivity contribution is 5.87. The molecule has 2 aliphatic rings. The number of nitrogens with zero attached hydrogens (tertiary/aromatic N) is 1. The fourth-order valence-electron chi connectivity index (χ4n) is 3.23. The minimum atomic E-state index is -0.195. The summed E-state index contributed by atoms with van der Waals surface area (Å²) >= 11 is 0. The Morgan fingerprint density at radius 3 is 3.00 bits per heavy atom. The van der Waals surface area contributed by atoms with Gasteiger partial charge in [0.15, 0.2) is 0 Å². The second kappa shape index (κ2) is 5.09. The molecule has 1 aromatic carbocycles. The number of carbonyl (C=O) groups is 1. The summed E-state index contributed by atoms with van der Waals surface area (Å²) in [7, 11) is 1.73. The Kier molecular flexibility index (Phi) is 3.42. The van der Waals surface area contributed by atoms with E-state index in [1.54, 1.807) is 7.11 Å². The number of rotatable bonds is 2. The average Bonchev–Trinajstić information content (AvgIpc) is 2.90. The van der Waals surface area contributed by atoms with Crippen LogP contribution < -0.4 is 5.32 Å². The number of hydrogen-bond donors (Lipinski definition) is 1. The van der Waals surface area contributed by atoms with Gasteiger partial charge in [0, 0.05) is 32.3 Å². The van der Waals surface area contributed by atoms with E-state index in [1.807, 2.05) is 23.1 Å². The van der Waals surface area contributed by atoms with Gasteiger partial charge in [0.05, 0.1) is 5.60 Å². The van der Waals surface area contributed by atoms with Crippen LogP contribution in [0.5, 0.6) is 0 Å². The molecule has 1 saturated heterocycles. The first kappa shape index (κ1) is 13.4. The van der Waals surface area contributed by atoms with Crippen molar-refractivity contribution in [2.24, 2.45) is 0 Å². The number of para-hydroxylation sites is 1. The van der Waals surface area contributed by atoms with Gasteiger partial charge in [0.25, 0.3) is 0 Å². The molecule has 20 heavy (non-hydrogen) atoms. The zero-order valence-electron chi connectivity index (χ0n) is 12.2. The van der Waals surface area contributed by atoms with Crippen LogP contribution in [0.25, 0.3) is 0 Å². The molecule has 2 heterocycles. The zero-order valence-corrected chi connectivity index (χ0v) is 12.2. The molecular formula is C16H22N2O2. The second-order valence-electron chi connectivity index (χ2n) is 6.08. The van der Waals surface area contributed by atoms with Gasteiger partial charge in [-0.3, -0.25) is 4.79 Å². The Labute approximate surface area is 120 Å². The van der Waals surface area contributed by atoms with E-state index in [9.17, 15) is 4.79 Å². The quantitative estimate of drug-likeness (QED) is 0.897. The number of piperidine rings is 1. The van der Waals surface area contributed by atoms with Crippen LogP contribution in [0, 0.1) is 0 Å². The molecule has 1 N–H and O–H groups in total. The number of benzene rings is 1. The van der Waals surface area contributed by atoms with Crippen molar-refractivity contribution < 1.29 is 9.53 Å². The molecule has 0 bridgehead atoms. The highest BCUT2D eigenvalue weighted by Gasteiger charge is 2.37. The number of carbonyl (C=O) groups excluding carboxylic acids is 1. The summed E-state index contributed by atoms with van der Waals surface area (Å²) in [5.74, 6) is 0.198. The van der Waals surface area contributed by atoms with Crippen molar-refractivity contribution in [2.75, 3.05) is 25.5 Å². The first-order chi connectivity index (χ1) is 9.61. The van der Waals surface area contributed by atoms with Gasteiger partial charge in [0.1, 0.15) is 6.04 Å². The van der Waals surface area contributed by atoms with Gasteiger partial charge >= 0.3 is 0 Å². The molecule has 1 aromatic rings. The fraction of sp³-hybridized carbons (Fsp3) is 0.562. The third-order valence-electron chi connectivity index (χ3n) is 4.53. The van der Waals surface area contributed by atoms with E-state index < -0.39 is 0 Å². The predicted molar refractivity (Wildman–Crippen MR) is 78.8 cm³/mol. The maximum atomic E-state index is 12.7. The standard InChI is InChI=1S/C16H22N2O2/c1-16(20-2)8-5-9-18(11-16)15(19)14-10-12-6-3-4-7-13(12)17-14/h3-4,6-7,14,17H,5,8-11H2,1-2H3/t14-,16?/m0/s1. The van der Waals surface area contributed by atoms with E-state index in [0.29, 0.717) is 6.54 Å². The van der Waals surface area contributed by atoms with Crippen molar-refractivity contribution in [1.82, 2.24) is 4.90 Å². The largest absolute Gasteiger partial charge is 0.377 e. The summed E-state index contributed by atoms with van der Waals surface area (Å²) in [5.41, 5.74) is 2.13. The molecule has 1 fully saturated rings. The Bertz CT molecular complexity index is 492. The van der Waals surface area contributed by atoms with Gasteiger partial charge in [-0.15, -0.1) is 0 Å². The van der Waals surface area contributed by atoms with E-state index in [-0.39, 0.29) is 17.6 Å².